The van der Waals surface area contributed by atoms with Gasteiger partial charge < -0.3 is 10.2 Å². The summed E-state index contributed by atoms with van der Waals surface area (Å²) in [5.41, 5.74) is 2.64. The van der Waals surface area contributed by atoms with Crippen LogP contribution in [0.5, 0.6) is 11.5 Å². The van der Waals surface area contributed by atoms with Crippen LogP contribution < -0.4 is 0 Å². The number of rotatable bonds is 7. The molecule has 2 heteroatoms. The van der Waals surface area contributed by atoms with Crippen molar-refractivity contribution in [3.8, 4) is 11.5 Å². The molecule has 0 aromatic heterocycles. The molecule has 2 rings (SSSR count). The summed E-state index contributed by atoms with van der Waals surface area (Å²) in [7, 11) is 0. The van der Waals surface area contributed by atoms with Gasteiger partial charge in [0.25, 0.3) is 0 Å². The largest absolute Gasteiger partial charge is 0.508 e. The van der Waals surface area contributed by atoms with Crippen LogP contribution in [-0.4, -0.2) is 10.2 Å². The van der Waals surface area contributed by atoms with Crippen LogP contribution in [0.15, 0.2) is 12.1 Å². The molecule has 1 aliphatic rings. The Labute approximate surface area is 135 Å². The van der Waals surface area contributed by atoms with Crippen LogP contribution in [-0.2, 0) is 12.8 Å². The van der Waals surface area contributed by atoms with E-state index in [0.717, 1.165) is 43.2 Å². The van der Waals surface area contributed by atoms with Crippen LogP contribution in [0.1, 0.15) is 77.3 Å². The van der Waals surface area contributed by atoms with E-state index in [1.807, 2.05) is 12.1 Å². The number of hydrogen-bond donors (Lipinski definition) is 2. The molecular weight excluding hydrogens is 272 g/mol. The fraction of sp³-hybridized carbons (Fsp3) is 0.700. The molecular formula is C20H32O2. The number of benzene rings is 1. The minimum atomic E-state index is 0.270. The van der Waals surface area contributed by atoms with Crippen LogP contribution in [0.3, 0.4) is 0 Å². The first-order chi connectivity index (χ1) is 10.2. The van der Waals surface area contributed by atoms with Crippen LogP contribution in [0.25, 0.3) is 0 Å². The van der Waals surface area contributed by atoms with E-state index in [0.29, 0.717) is 10.8 Å². The van der Waals surface area contributed by atoms with E-state index in [1.165, 1.54) is 19.3 Å². The summed E-state index contributed by atoms with van der Waals surface area (Å²) in [6, 6.07) is 3.69. The third-order valence-corrected chi connectivity index (χ3v) is 4.97. The number of phenols is 2. The van der Waals surface area contributed by atoms with Crippen molar-refractivity contribution in [3.63, 3.8) is 0 Å². The smallest absolute Gasteiger partial charge is 0.122 e. The number of phenolic OH excluding ortho intramolecular Hbond substituents is 2. The van der Waals surface area contributed by atoms with Crippen molar-refractivity contribution in [1.29, 1.82) is 0 Å². The Bertz CT molecular complexity index is 484. The van der Waals surface area contributed by atoms with Gasteiger partial charge in [-0.15, -0.1) is 0 Å². The third kappa shape index (κ3) is 5.23. The Morgan fingerprint density at radius 1 is 1.00 bits per heavy atom. The minimum Gasteiger partial charge on any atom is -0.508 e. The first-order valence-corrected chi connectivity index (χ1v) is 8.72. The second-order valence-electron chi connectivity index (χ2n) is 8.69. The first kappa shape index (κ1) is 17.2. The zero-order valence-corrected chi connectivity index (χ0v) is 14.7. The lowest BCUT2D eigenvalue weighted by molar-refractivity contribution is 0.365. The molecule has 1 fully saturated rings. The van der Waals surface area contributed by atoms with Gasteiger partial charge in [-0.25, -0.2) is 0 Å². The second-order valence-corrected chi connectivity index (χ2v) is 8.69. The SMILES string of the molecule is CC(C)(C)CCCc1cc(O)c(CCCC2(C)CC2)c(O)c1. The van der Waals surface area contributed by atoms with Crippen LogP contribution in [0.4, 0.5) is 0 Å². The van der Waals surface area contributed by atoms with E-state index < -0.39 is 0 Å². The highest BCUT2D eigenvalue weighted by Crippen LogP contribution is 2.49. The van der Waals surface area contributed by atoms with Gasteiger partial charge in [0.05, 0.1) is 0 Å². The molecule has 0 unspecified atom stereocenters. The van der Waals surface area contributed by atoms with E-state index in [1.54, 1.807) is 0 Å². The molecule has 1 aromatic carbocycles. The fourth-order valence-electron chi connectivity index (χ4n) is 3.08. The van der Waals surface area contributed by atoms with E-state index >= 15 is 0 Å². The van der Waals surface area contributed by atoms with Crippen molar-refractivity contribution >= 4 is 0 Å². The minimum absolute atomic E-state index is 0.270. The van der Waals surface area contributed by atoms with Crippen LogP contribution in [0.2, 0.25) is 0 Å². The highest BCUT2D eigenvalue weighted by Gasteiger charge is 2.36. The average Bonchev–Trinajstić information content (AvgIpc) is 3.09. The van der Waals surface area contributed by atoms with Crippen molar-refractivity contribution in [1.82, 2.24) is 0 Å². The maximum atomic E-state index is 10.2. The molecule has 2 N–H and O–H groups in total. The van der Waals surface area contributed by atoms with Gasteiger partial charge in [-0.05, 0) is 79.9 Å². The van der Waals surface area contributed by atoms with Gasteiger partial charge in [-0.1, -0.05) is 27.7 Å². The monoisotopic (exact) mass is 304 g/mol. The Morgan fingerprint density at radius 2 is 1.59 bits per heavy atom. The summed E-state index contributed by atoms with van der Waals surface area (Å²) < 4.78 is 0. The topological polar surface area (TPSA) is 40.5 Å². The highest BCUT2D eigenvalue weighted by atomic mass is 16.3. The number of aryl methyl sites for hydroxylation is 1. The van der Waals surface area contributed by atoms with Gasteiger partial charge in [0.15, 0.2) is 0 Å². The molecule has 22 heavy (non-hydrogen) atoms. The normalized spacial score (nSPS) is 16.7. The quantitative estimate of drug-likeness (QED) is 0.689. The van der Waals surface area contributed by atoms with Crippen molar-refractivity contribution < 1.29 is 10.2 Å². The van der Waals surface area contributed by atoms with E-state index in [9.17, 15) is 10.2 Å². The lowest BCUT2D eigenvalue weighted by Crippen LogP contribution is -2.05. The van der Waals surface area contributed by atoms with Gasteiger partial charge in [0, 0.05) is 5.56 Å². The van der Waals surface area contributed by atoms with Gasteiger partial charge >= 0.3 is 0 Å². The third-order valence-electron chi connectivity index (χ3n) is 4.97. The van der Waals surface area contributed by atoms with Gasteiger partial charge in [-0.2, -0.15) is 0 Å². The molecule has 1 aromatic rings. The van der Waals surface area contributed by atoms with Crippen LogP contribution in [0, 0.1) is 10.8 Å². The number of hydrogen-bond acceptors (Lipinski definition) is 2. The van der Waals surface area contributed by atoms with E-state index in [-0.39, 0.29) is 11.5 Å². The molecule has 1 saturated carbocycles. The molecule has 2 nitrogen and oxygen atoms in total. The Kier molecular flexibility index (Phi) is 5.09. The van der Waals surface area contributed by atoms with Gasteiger partial charge in [0.1, 0.15) is 11.5 Å². The summed E-state index contributed by atoms with van der Waals surface area (Å²) >= 11 is 0. The standard InChI is InChI=1S/C20H32O2/c1-19(2,3)9-5-7-15-13-17(21)16(18(22)14-15)8-6-10-20(4)11-12-20/h13-14,21-22H,5-12H2,1-4H3. The summed E-state index contributed by atoms with van der Waals surface area (Å²) in [6.07, 6.45) is 8.82. The van der Waals surface area contributed by atoms with E-state index in [2.05, 4.69) is 27.7 Å². The Morgan fingerprint density at radius 3 is 2.09 bits per heavy atom. The van der Waals surface area contributed by atoms with Gasteiger partial charge in [0.2, 0.25) is 0 Å². The van der Waals surface area contributed by atoms with Gasteiger partial charge in [-0.3, -0.25) is 0 Å². The van der Waals surface area contributed by atoms with Crippen molar-refractivity contribution in [3.05, 3.63) is 23.3 Å². The maximum absolute atomic E-state index is 10.2. The lowest BCUT2D eigenvalue weighted by atomic mass is 9.88. The molecule has 0 atom stereocenters. The molecule has 1 aliphatic carbocycles. The second kappa shape index (κ2) is 6.52. The highest BCUT2D eigenvalue weighted by molar-refractivity contribution is 5.46. The van der Waals surface area contributed by atoms with Crippen LogP contribution >= 0.6 is 0 Å². The predicted octanol–water partition coefficient (Wildman–Crippen LogP) is 5.59. The summed E-state index contributed by atoms with van der Waals surface area (Å²) in [5, 5.41) is 20.4. The zero-order valence-electron chi connectivity index (χ0n) is 14.7. The number of aromatic hydroxyl groups is 2. The molecule has 0 saturated heterocycles. The zero-order chi connectivity index (χ0) is 16.4. The van der Waals surface area contributed by atoms with Crippen molar-refractivity contribution in [2.45, 2.75) is 79.1 Å². The Hall–Kier alpha value is -1.18. The van der Waals surface area contributed by atoms with E-state index in [4.69, 9.17) is 0 Å². The fourth-order valence-corrected chi connectivity index (χ4v) is 3.08. The summed E-state index contributed by atoms with van der Waals surface area (Å²) in [6.45, 7) is 9.05. The molecule has 0 heterocycles. The molecule has 0 aliphatic heterocycles. The van der Waals surface area contributed by atoms with Crippen molar-refractivity contribution in [2.75, 3.05) is 0 Å². The van der Waals surface area contributed by atoms with Crippen molar-refractivity contribution in [2.24, 2.45) is 10.8 Å². The summed E-state index contributed by atoms with van der Waals surface area (Å²) in [4.78, 5) is 0. The molecule has 124 valence electrons. The molecule has 0 spiro atoms. The lowest BCUT2D eigenvalue weighted by Gasteiger charge is -2.18. The molecule has 0 radical (unpaired) electrons. The maximum Gasteiger partial charge on any atom is 0.122 e. The predicted molar refractivity (Wildman–Crippen MR) is 92.4 cm³/mol. The molecule has 0 amide bonds. The first-order valence-electron chi connectivity index (χ1n) is 8.72. The molecule has 0 bridgehead atoms. The summed E-state index contributed by atoms with van der Waals surface area (Å²) in [5.74, 6) is 0.540. The Balaban J connectivity index is 1.89. The average molecular weight is 304 g/mol.